The second-order valence-electron chi connectivity index (χ2n) is 6.14. The van der Waals surface area contributed by atoms with Crippen LogP contribution in [-0.2, 0) is 11.3 Å². The summed E-state index contributed by atoms with van der Waals surface area (Å²) in [5, 5.41) is 5.63. The number of morpholine rings is 1. The van der Waals surface area contributed by atoms with Gasteiger partial charge in [0, 0.05) is 32.4 Å². The van der Waals surface area contributed by atoms with Crippen LogP contribution in [0.5, 0.6) is 0 Å². The normalized spacial score (nSPS) is 18.0. The van der Waals surface area contributed by atoms with E-state index >= 15 is 0 Å². The third-order valence-corrected chi connectivity index (χ3v) is 3.84. The minimum absolute atomic E-state index is 0. The number of alkyl halides is 3. The predicted octanol–water partition coefficient (Wildman–Crippen LogP) is 2.93. The van der Waals surface area contributed by atoms with Crippen molar-refractivity contribution in [3.8, 4) is 0 Å². The molecule has 2 N–H and O–H groups in total. The number of rotatable bonds is 6. The predicted molar refractivity (Wildman–Crippen MR) is 111 cm³/mol. The highest BCUT2D eigenvalue weighted by Gasteiger charge is 2.26. The molecule has 27 heavy (non-hydrogen) atoms. The van der Waals surface area contributed by atoms with E-state index in [2.05, 4.69) is 25.5 Å². The summed E-state index contributed by atoms with van der Waals surface area (Å²) >= 11 is 0. The first-order valence-electron chi connectivity index (χ1n) is 8.78. The molecule has 0 aromatic carbocycles. The second-order valence-corrected chi connectivity index (χ2v) is 6.14. The van der Waals surface area contributed by atoms with Crippen molar-refractivity contribution in [1.82, 2.24) is 15.6 Å². The van der Waals surface area contributed by atoms with E-state index in [9.17, 15) is 13.2 Å². The molecule has 0 aliphatic carbocycles. The maximum Gasteiger partial charge on any atom is 0.390 e. The molecule has 1 aromatic rings. The average Bonchev–Trinajstić information content (AvgIpc) is 2.59. The lowest BCUT2D eigenvalue weighted by Gasteiger charge is -2.32. The van der Waals surface area contributed by atoms with Crippen molar-refractivity contribution in [3.05, 3.63) is 23.9 Å². The number of ether oxygens (including phenoxy) is 1. The van der Waals surface area contributed by atoms with Crippen LogP contribution in [0.25, 0.3) is 0 Å². The number of hydrogen-bond acceptors (Lipinski definition) is 4. The van der Waals surface area contributed by atoms with Gasteiger partial charge in [-0.05, 0) is 25.5 Å². The number of anilines is 1. The number of pyridine rings is 1. The van der Waals surface area contributed by atoms with Crippen LogP contribution in [0.4, 0.5) is 19.0 Å². The highest BCUT2D eigenvalue weighted by Crippen LogP contribution is 2.18. The summed E-state index contributed by atoms with van der Waals surface area (Å²) in [5.74, 6) is 1.26. The van der Waals surface area contributed by atoms with E-state index in [-0.39, 0.29) is 36.6 Å². The van der Waals surface area contributed by atoms with Gasteiger partial charge in [0.1, 0.15) is 5.82 Å². The average molecular weight is 501 g/mol. The zero-order valence-corrected chi connectivity index (χ0v) is 17.9. The van der Waals surface area contributed by atoms with Gasteiger partial charge in [-0.15, -0.1) is 24.0 Å². The molecule has 10 heteroatoms. The summed E-state index contributed by atoms with van der Waals surface area (Å²) in [6.45, 7) is 6.90. The zero-order chi connectivity index (χ0) is 19.0. The van der Waals surface area contributed by atoms with Crippen LogP contribution in [-0.4, -0.2) is 56.0 Å². The van der Waals surface area contributed by atoms with Crippen molar-refractivity contribution in [3.63, 3.8) is 0 Å². The topological polar surface area (TPSA) is 61.8 Å². The molecular weight excluding hydrogens is 474 g/mol. The van der Waals surface area contributed by atoms with Crippen LogP contribution in [0.1, 0.15) is 25.8 Å². The Balaban J connectivity index is 0.00000364. The van der Waals surface area contributed by atoms with Gasteiger partial charge in [-0.3, -0.25) is 0 Å². The maximum atomic E-state index is 12.2. The quantitative estimate of drug-likeness (QED) is 0.357. The van der Waals surface area contributed by atoms with Gasteiger partial charge in [0.2, 0.25) is 0 Å². The molecule has 1 unspecified atom stereocenters. The minimum atomic E-state index is -4.18. The zero-order valence-electron chi connectivity index (χ0n) is 15.6. The summed E-state index contributed by atoms with van der Waals surface area (Å²) < 4.78 is 42.2. The first-order valence-corrected chi connectivity index (χ1v) is 8.78. The van der Waals surface area contributed by atoms with Crippen molar-refractivity contribution >= 4 is 35.8 Å². The number of aliphatic imine (C=N–C) groups is 1. The summed E-state index contributed by atoms with van der Waals surface area (Å²) in [7, 11) is 0. The fraction of sp³-hybridized carbons (Fsp3) is 0.647. The summed E-state index contributed by atoms with van der Waals surface area (Å²) in [6, 6.07) is 3.87. The number of hydrogen-bond donors (Lipinski definition) is 2. The van der Waals surface area contributed by atoms with Gasteiger partial charge in [-0.1, -0.05) is 6.07 Å². The first kappa shape index (κ1) is 23.7. The largest absolute Gasteiger partial charge is 0.390 e. The van der Waals surface area contributed by atoms with Crippen molar-refractivity contribution in [1.29, 1.82) is 0 Å². The second kappa shape index (κ2) is 11.5. The molecule has 1 aromatic heterocycles. The van der Waals surface area contributed by atoms with Gasteiger partial charge >= 0.3 is 6.18 Å². The Kier molecular flexibility index (Phi) is 10.1. The number of nitrogens with zero attached hydrogens (tertiary/aromatic N) is 3. The Hall–Kier alpha value is -1.30. The maximum absolute atomic E-state index is 12.2. The molecule has 154 valence electrons. The number of nitrogens with one attached hydrogen (secondary N) is 2. The summed E-state index contributed by atoms with van der Waals surface area (Å²) in [6.07, 6.45) is -3.15. The van der Waals surface area contributed by atoms with Crippen LogP contribution < -0.4 is 15.5 Å². The van der Waals surface area contributed by atoms with Crippen LogP contribution in [0.3, 0.4) is 0 Å². The highest BCUT2D eigenvalue weighted by atomic mass is 127. The fourth-order valence-corrected chi connectivity index (χ4v) is 2.56. The van der Waals surface area contributed by atoms with E-state index < -0.39 is 12.6 Å². The van der Waals surface area contributed by atoms with Crippen LogP contribution in [0.2, 0.25) is 0 Å². The Morgan fingerprint density at radius 2 is 2.15 bits per heavy atom. The SMILES string of the molecule is CCNC(=NCc1ccc(N2CCOC(C)C2)nc1)NCCC(F)(F)F.I. The lowest BCUT2D eigenvalue weighted by molar-refractivity contribution is -0.132. The van der Waals surface area contributed by atoms with Gasteiger partial charge in [0.15, 0.2) is 5.96 Å². The van der Waals surface area contributed by atoms with Crippen LogP contribution >= 0.6 is 24.0 Å². The smallest absolute Gasteiger partial charge is 0.375 e. The molecule has 2 rings (SSSR count). The highest BCUT2D eigenvalue weighted by molar-refractivity contribution is 14.0. The van der Waals surface area contributed by atoms with Gasteiger partial charge in [-0.25, -0.2) is 9.98 Å². The fourth-order valence-electron chi connectivity index (χ4n) is 2.56. The third kappa shape index (κ3) is 8.96. The molecule has 1 fully saturated rings. The van der Waals surface area contributed by atoms with E-state index in [1.807, 2.05) is 26.0 Å². The van der Waals surface area contributed by atoms with Gasteiger partial charge in [0.25, 0.3) is 0 Å². The van der Waals surface area contributed by atoms with E-state index in [1.165, 1.54) is 0 Å². The first-order chi connectivity index (χ1) is 12.4. The number of aromatic nitrogens is 1. The summed E-state index contributed by atoms with van der Waals surface area (Å²) in [4.78, 5) is 10.9. The van der Waals surface area contributed by atoms with Gasteiger partial charge < -0.3 is 20.3 Å². The summed E-state index contributed by atoms with van der Waals surface area (Å²) in [5.41, 5.74) is 0.892. The molecule has 0 bridgehead atoms. The Bertz CT molecular complexity index is 583. The van der Waals surface area contributed by atoms with E-state index in [0.717, 1.165) is 24.5 Å². The van der Waals surface area contributed by atoms with Gasteiger partial charge in [-0.2, -0.15) is 13.2 Å². The molecule has 1 saturated heterocycles. The molecule has 1 atom stereocenters. The number of guanidine groups is 1. The lowest BCUT2D eigenvalue weighted by Crippen LogP contribution is -2.41. The third-order valence-electron chi connectivity index (χ3n) is 3.84. The Morgan fingerprint density at radius 1 is 1.37 bits per heavy atom. The standard InChI is InChI=1S/C17H26F3N5O.HI/c1-3-21-16(22-7-6-17(18,19)20)24-11-14-4-5-15(23-10-14)25-8-9-26-13(2)12-25;/h4-5,10,13H,3,6-9,11-12H2,1-2H3,(H2,21,22,24);1H. The van der Waals surface area contributed by atoms with Crippen molar-refractivity contribution in [2.45, 2.75) is 39.1 Å². The molecule has 1 aliphatic rings. The monoisotopic (exact) mass is 501 g/mol. The molecule has 2 heterocycles. The number of halogens is 4. The van der Waals surface area contributed by atoms with Crippen molar-refractivity contribution < 1.29 is 17.9 Å². The molecular formula is C17H27F3IN5O. The molecule has 0 amide bonds. The molecule has 0 radical (unpaired) electrons. The minimum Gasteiger partial charge on any atom is -0.375 e. The van der Waals surface area contributed by atoms with Crippen LogP contribution in [0, 0.1) is 0 Å². The van der Waals surface area contributed by atoms with Crippen molar-refractivity contribution in [2.24, 2.45) is 4.99 Å². The van der Waals surface area contributed by atoms with E-state index in [1.54, 1.807) is 6.20 Å². The van der Waals surface area contributed by atoms with E-state index in [4.69, 9.17) is 4.74 Å². The van der Waals surface area contributed by atoms with Gasteiger partial charge in [0.05, 0.1) is 25.7 Å². The Morgan fingerprint density at radius 3 is 2.74 bits per heavy atom. The molecule has 6 nitrogen and oxygen atoms in total. The lowest BCUT2D eigenvalue weighted by atomic mass is 10.2. The van der Waals surface area contributed by atoms with Crippen molar-refractivity contribution in [2.75, 3.05) is 37.7 Å². The molecule has 1 aliphatic heterocycles. The molecule has 0 saturated carbocycles. The van der Waals surface area contributed by atoms with E-state index in [0.29, 0.717) is 25.7 Å². The Labute approximate surface area is 175 Å². The molecule has 0 spiro atoms. The van der Waals surface area contributed by atoms with Crippen LogP contribution in [0.15, 0.2) is 23.3 Å².